The van der Waals surface area contributed by atoms with Gasteiger partial charge in [-0.1, -0.05) is 13.8 Å². The molecule has 16 heavy (non-hydrogen) atoms. The van der Waals surface area contributed by atoms with E-state index < -0.39 is 0 Å². The number of hydrogen-bond donors (Lipinski definition) is 0. The largest absolute Gasteiger partial charge is 0.497 e. The first kappa shape index (κ1) is 11.4. The molecule has 2 heterocycles. The van der Waals surface area contributed by atoms with E-state index in [1.54, 1.807) is 12.4 Å². The topological polar surface area (TPSA) is 53.5 Å². The van der Waals surface area contributed by atoms with Crippen LogP contribution in [0, 0.1) is 5.41 Å². The predicted molar refractivity (Wildman–Crippen MR) is 59.7 cm³/mol. The Balaban J connectivity index is 2.03. The summed E-state index contributed by atoms with van der Waals surface area (Å²) in [6.45, 7) is 5.55. The average molecular weight is 222 g/mol. The van der Waals surface area contributed by atoms with Gasteiger partial charge in [0.25, 0.3) is 0 Å². The Hall–Kier alpha value is -1.14. The van der Waals surface area contributed by atoms with Gasteiger partial charge in [-0.3, -0.25) is 0 Å². The van der Waals surface area contributed by atoms with Crippen LogP contribution < -0.4 is 10.2 Å². The van der Waals surface area contributed by atoms with Crippen molar-refractivity contribution in [2.45, 2.75) is 13.8 Å². The summed E-state index contributed by atoms with van der Waals surface area (Å²) in [6.07, 6.45) is 3.32. The lowest BCUT2D eigenvalue weighted by atomic mass is 9.77. The van der Waals surface area contributed by atoms with Crippen LogP contribution in [0.25, 0.3) is 0 Å². The molecule has 0 bridgehead atoms. The van der Waals surface area contributed by atoms with Crippen molar-refractivity contribution in [2.24, 2.45) is 5.41 Å². The van der Waals surface area contributed by atoms with Crippen molar-refractivity contribution >= 4 is 12.6 Å². The molecule has 0 unspecified atom stereocenters. The van der Waals surface area contributed by atoms with Gasteiger partial charge in [-0.2, -0.15) is 0 Å². The third-order valence-corrected chi connectivity index (χ3v) is 2.35. The van der Waals surface area contributed by atoms with E-state index in [9.17, 15) is 0 Å². The van der Waals surface area contributed by atoms with Crippen molar-refractivity contribution in [3.05, 3.63) is 12.4 Å². The predicted octanol–water partition coefficient (Wildman–Crippen LogP) is 0.253. The number of rotatable bonds is 2. The minimum Gasteiger partial charge on any atom is -0.467 e. The van der Waals surface area contributed by atoms with E-state index in [1.165, 1.54) is 7.11 Å². The SMILES string of the molecule is COc1ncc(B2OCC(C)(C)CO2)cn1. The van der Waals surface area contributed by atoms with Crippen molar-refractivity contribution in [3.63, 3.8) is 0 Å². The molecule has 0 aromatic carbocycles. The average Bonchev–Trinajstić information content (AvgIpc) is 2.29. The highest BCUT2D eigenvalue weighted by atomic mass is 16.6. The van der Waals surface area contributed by atoms with Gasteiger partial charge in [0.2, 0.25) is 0 Å². The van der Waals surface area contributed by atoms with Crippen LogP contribution in [0.15, 0.2) is 12.4 Å². The first-order valence-corrected chi connectivity index (χ1v) is 5.20. The summed E-state index contributed by atoms with van der Waals surface area (Å²) in [6, 6.07) is 0.347. The number of hydrogen-bond acceptors (Lipinski definition) is 5. The third-order valence-electron chi connectivity index (χ3n) is 2.35. The highest BCUT2D eigenvalue weighted by Gasteiger charge is 2.33. The normalized spacial score (nSPS) is 19.6. The molecule has 1 aliphatic heterocycles. The summed E-state index contributed by atoms with van der Waals surface area (Å²) in [5.74, 6) is 0. The molecule has 0 atom stereocenters. The van der Waals surface area contributed by atoms with Crippen LogP contribution >= 0.6 is 0 Å². The van der Waals surface area contributed by atoms with Gasteiger partial charge in [0.1, 0.15) is 0 Å². The van der Waals surface area contributed by atoms with Gasteiger partial charge in [-0.15, -0.1) is 0 Å². The Morgan fingerprint density at radius 3 is 2.31 bits per heavy atom. The van der Waals surface area contributed by atoms with E-state index >= 15 is 0 Å². The second-order valence-electron chi connectivity index (χ2n) is 4.62. The quantitative estimate of drug-likeness (QED) is 0.671. The summed E-state index contributed by atoms with van der Waals surface area (Å²) in [7, 11) is 1.17. The van der Waals surface area contributed by atoms with Crippen LogP contribution in [-0.2, 0) is 9.31 Å². The molecular weight excluding hydrogens is 207 g/mol. The molecule has 2 rings (SSSR count). The zero-order valence-corrected chi connectivity index (χ0v) is 9.77. The van der Waals surface area contributed by atoms with Gasteiger partial charge in [0, 0.05) is 36.5 Å². The number of nitrogens with zero attached hydrogens (tertiary/aromatic N) is 2. The van der Waals surface area contributed by atoms with Crippen LogP contribution in [0.4, 0.5) is 0 Å². The zero-order chi connectivity index (χ0) is 11.6. The van der Waals surface area contributed by atoms with E-state index in [-0.39, 0.29) is 12.5 Å². The smallest absolute Gasteiger partial charge is 0.467 e. The fourth-order valence-electron chi connectivity index (χ4n) is 1.44. The van der Waals surface area contributed by atoms with Gasteiger partial charge in [-0.25, -0.2) is 9.97 Å². The Labute approximate surface area is 95.3 Å². The van der Waals surface area contributed by atoms with Crippen LogP contribution in [0.3, 0.4) is 0 Å². The van der Waals surface area contributed by atoms with Crippen molar-refractivity contribution in [1.29, 1.82) is 0 Å². The molecule has 86 valence electrons. The molecular formula is C10H15BN2O3. The van der Waals surface area contributed by atoms with Crippen molar-refractivity contribution < 1.29 is 14.0 Å². The number of ether oxygens (including phenoxy) is 1. The van der Waals surface area contributed by atoms with Gasteiger partial charge in [0.15, 0.2) is 0 Å². The summed E-state index contributed by atoms with van der Waals surface area (Å²) in [5.41, 5.74) is 0.889. The van der Waals surface area contributed by atoms with Crippen molar-refractivity contribution in [3.8, 4) is 6.01 Å². The lowest BCUT2D eigenvalue weighted by Gasteiger charge is -2.32. The molecule has 1 fully saturated rings. The van der Waals surface area contributed by atoms with E-state index in [0.29, 0.717) is 19.2 Å². The van der Waals surface area contributed by atoms with Gasteiger partial charge < -0.3 is 14.0 Å². The Morgan fingerprint density at radius 2 is 1.81 bits per heavy atom. The van der Waals surface area contributed by atoms with E-state index in [1.807, 2.05) is 0 Å². The summed E-state index contributed by atoms with van der Waals surface area (Å²) < 4.78 is 16.1. The monoisotopic (exact) mass is 222 g/mol. The lowest BCUT2D eigenvalue weighted by molar-refractivity contribution is 0.0342. The molecule has 0 saturated carbocycles. The maximum absolute atomic E-state index is 5.61. The molecule has 5 nitrogen and oxygen atoms in total. The fourth-order valence-corrected chi connectivity index (χ4v) is 1.44. The molecule has 0 aliphatic carbocycles. The van der Waals surface area contributed by atoms with E-state index in [0.717, 1.165) is 5.46 Å². The van der Waals surface area contributed by atoms with Crippen LogP contribution in [0.1, 0.15) is 13.8 Å². The zero-order valence-electron chi connectivity index (χ0n) is 9.77. The van der Waals surface area contributed by atoms with Crippen molar-refractivity contribution in [1.82, 2.24) is 9.97 Å². The third kappa shape index (κ3) is 2.51. The minimum absolute atomic E-state index is 0.0732. The molecule has 0 spiro atoms. The van der Waals surface area contributed by atoms with Crippen LogP contribution in [-0.4, -0.2) is 37.4 Å². The maximum atomic E-state index is 5.61. The number of methoxy groups -OCH3 is 1. The van der Waals surface area contributed by atoms with Crippen molar-refractivity contribution in [2.75, 3.05) is 20.3 Å². The Bertz CT molecular complexity index is 346. The molecule has 1 aliphatic rings. The van der Waals surface area contributed by atoms with Gasteiger partial charge >= 0.3 is 13.1 Å². The van der Waals surface area contributed by atoms with E-state index in [2.05, 4.69) is 23.8 Å². The highest BCUT2D eigenvalue weighted by molar-refractivity contribution is 6.61. The van der Waals surface area contributed by atoms with Gasteiger partial charge in [0.05, 0.1) is 7.11 Å². The highest BCUT2D eigenvalue weighted by Crippen LogP contribution is 2.21. The summed E-state index contributed by atoms with van der Waals surface area (Å²) >= 11 is 0. The van der Waals surface area contributed by atoms with Crippen LogP contribution in [0.5, 0.6) is 6.01 Å². The Morgan fingerprint density at radius 1 is 1.25 bits per heavy atom. The first-order valence-electron chi connectivity index (χ1n) is 5.20. The summed E-state index contributed by atoms with van der Waals surface area (Å²) in [5, 5.41) is 0. The molecule has 1 aromatic rings. The van der Waals surface area contributed by atoms with Gasteiger partial charge in [-0.05, 0) is 0 Å². The first-order chi connectivity index (χ1) is 7.61. The van der Waals surface area contributed by atoms with Crippen LogP contribution in [0.2, 0.25) is 0 Å². The molecule has 0 amide bonds. The Kier molecular flexibility index (Phi) is 3.11. The minimum atomic E-state index is -0.362. The standard InChI is InChI=1S/C10H15BN2O3/c1-10(2)6-15-11(16-7-10)8-4-12-9(14-3)13-5-8/h4-5H,6-7H2,1-3H3. The molecule has 1 aromatic heterocycles. The fraction of sp³-hybridized carbons (Fsp3) is 0.600. The lowest BCUT2D eigenvalue weighted by Crippen LogP contribution is -2.47. The molecule has 0 N–H and O–H groups in total. The molecule has 6 heteroatoms. The molecule has 1 saturated heterocycles. The second-order valence-corrected chi connectivity index (χ2v) is 4.62. The second kappa shape index (κ2) is 4.39. The molecule has 0 radical (unpaired) electrons. The van der Waals surface area contributed by atoms with E-state index in [4.69, 9.17) is 14.0 Å². The maximum Gasteiger partial charge on any atom is 0.497 e. The number of aromatic nitrogens is 2. The summed E-state index contributed by atoms with van der Waals surface area (Å²) in [4.78, 5) is 8.03.